The van der Waals surface area contributed by atoms with Crippen molar-refractivity contribution in [2.45, 2.75) is 47.0 Å². The minimum Gasteiger partial charge on any atom is -0.355 e. The first-order valence-electron chi connectivity index (χ1n) is 10.1. The van der Waals surface area contributed by atoms with E-state index in [0.717, 1.165) is 47.6 Å². The van der Waals surface area contributed by atoms with E-state index in [9.17, 15) is 0 Å². The monoisotopic (exact) mass is 504 g/mol. The standard InChI is InChI=1S/C23H25BrN4S.ClH/c1-13-11-18(24)12-14(2)19(13)20-15(3)29-22-21(20)26-16(4)27-23(22)28-9-6-17(5-8-25)7-10-28;/h11-12,17H,5-7,9-10H2,1-4H3;1H. The number of aromatic nitrogens is 2. The molecule has 4 nitrogen and oxygen atoms in total. The fourth-order valence-corrected chi connectivity index (χ4v) is 6.28. The molecule has 1 fully saturated rings. The molecule has 30 heavy (non-hydrogen) atoms. The van der Waals surface area contributed by atoms with E-state index in [1.807, 2.05) is 6.92 Å². The Morgan fingerprint density at radius 3 is 2.33 bits per heavy atom. The van der Waals surface area contributed by atoms with Crippen LogP contribution < -0.4 is 4.90 Å². The maximum atomic E-state index is 9.00. The van der Waals surface area contributed by atoms with Crippen LogP contribution in [0.1, 0.15) is 41.1 Å². The molecule has 0 atom stereocenters. The first kappa shape index (κ1) is 23.0. The van der Waals surface area contributed by atoms with Crippen molar-refractivity contribution in [3.05, 3.63) is 38.4 Å². The van der Waals surface area contributed by atoms with Crippen molar-refractivity contribution in [3.8, 4) is 17.2 Å². The number of halogens is 2. The summed E-state index contributed by atoms with van der Waals surface area (Å²) in [5, 5.41) is 9.00. The minimum absolute atomic E-state index is 0. The van der Waals surface area contributed by atoms with Gasteiger partial charge in [-0.2, -0.15) is 5.26 Å². The quantitative estimate of drug-likeness (QED) is 0.388. The van der Waals surface area contributed by atoms with E-state index in [4.69, 9.17) is 15.2 Å². The van der Waals surface area contributed by atoms with Crippen molar-refractivity contribution in [2.24, 2.45) is 5.92 Å². The highest BCUT2D eigenvalue weighted by Gasteiger charge is 2.25. The summed E-state index contributed by atoms with van der Waals surface area (Å²) in [4.78, 5) is 13.4. The van der Waals surface area contributed by atoms with E-state index >= 15 is 0 Å². The molecule has 0 aliphatic carbocycles. The predicted octanol–water partition coefficient (Wildman–Crippen LogP) is 6.91. The van der Waals surface area contributed by atoms with Gasteiger partial charge in [-0.1, -0.05) is 15.9 Å². The average Bonchev–Trinajstić information content (AvgIpc) is 2.97. The highest BCUT2D eigenvalue weighted by molar-refractivity contribution is 9.10. The molecule has 1 aliphatic heterocycles. The Bertz CT molecular complexity index is 1100. The Balaban J connectivity index is 0.00000256. The summed E-state index contributed by atoms with van der Waals surface area (Å²) >= 11 is 5.42. The first-order chi connectivity index (χ1) is 13.9. The fraction of sp³-hybridized carbons (Fsp3) is 0.435. The molecule has 0 unspecified atom stereocenters. The maximum absolute atomic E-state index is 9.00. The lowest BCUT2D eigenvalue weighted by Gasteiger charge is -2.32. The Labute approximate surface area is 196 Å². The molecular formula is C23H26BrClN4S. The van der Waals surface area contributed by atoms with Crippen LogP contribution in [0.5, 0.6) is 0 Å². The smallest absolute Gasteiger partial charge is 0.150 e. The Morgan fingerprint density at radius 1 is 1.10 bits per heavy atom. The first-order valence-corrected chi connectivity index (χ1v) is 11.7. The molecule has 3 aromatic rings. The highest BCUT2D eigenvalue weighted by atomic mass is 79.9. The second-order valence-corrected chi connectivity index (χ2v) is 10.2. The summed E-state index contributed by atoms with van der Waals surface area (Å²) in [5.41, 5.74) is 6.12. The van der Waals surface area contributed by atoms with Gasteiger partial charge in [0.15, 0.2) is 0 Å². The summed E-state index contributed by atoms with van der Waals surface area (Å²) in [6, 6.07) is 6.69. The molecule has 0 saturated carbocycles. The van der Waals surface area contributed by atoms with Gasteiger partial charge in [0, 0.05) is 34.4 Å². The van der Waals surface area contributed by atoms with Crippen LogP contribution in [-0.4, -0.2) is 23.1 Å². The lowest BCUT2D eigenvalue weighted by Crippen LogP contribution is -2.34. The molecule has 1 aromatic carbocycles. The van der Waals surface area contributed by atoms with Gasteiger partial charge in [-0.3, -0.25) is 0 Å². The van der Waals surface area contributed by atoms with Gasteiger partial charge < -0.3 is 4.90 Å². The maximum Gasteiger partial charge on any atom is 0.150 e. The number of fused-ring (bicyclic) bond motifs is 1. The number of nitrogens with zero attached hydrogens (tertiary/aromatic N) is 4. The molecule has 4 rings (SSSR count). The molecular weight excluding hydrogens is 480 g/mol. The minimum atomic E-state index is 0. The van der Waals surface area contributed by atoms with E-state index in [2.05, 4.69) is 59.8 Å². The summed E-state index contributed by atoms with van der Waals surface area (Å²) in [5.74, 6) is 2.40. The number of aryl methyl sites for hydroxylation is 4. The van der Waals surface area contributed by atoms with Gasteiger partial charge >= 0.3 is 0 Å². The van der Waals surface area contributed by atoms with Gasteiger partial charge in [0.25, 0.3) is 0 Å². The molecule has 3 heterocycles. The Morgan fingerprint density at radius 2 is 1.73 bits per heavy atom. The fourth-order valence-electron chi connectivity index (χ4n) is 4.47. The third-order valence-corrected chi connectivity index (χ3v) is 7.39. The molecule has 0 radical (unpaired) electrons. The van der Waals surface area contributed by atoms with Crippen LogP contribution in [-0.2, 0) is 0 Å². The Kier molecular flexibility index (Phi) is 7.06. The van der Waals surface area contributed by atoms with Crippen LogP contribution >= 0.6 is 39.7 Å². The number of rotatable bonds is 3. The third kappa shape index (κ3) is 4.21. The molecule has 2 aromatic heterocycles. The van der Waals surface area contributed by atoms with E-state index in [1.54, 1.807) is 11.3 Å². The van der Waals surface area contributed by atoms with Crippen LogP contribution in [0.15, 0.2) is 16.6 Å². The van der Waals surface area contributed by atoms with E-state index in [0.29, 0.717) is 12.3 Å². The van der Waals surface area contributed by atoms with Crippen molar-refractivity contribution in [2.75, 3.05) is 18.0 Å². The zero-order valence-corrected chi connectivity index (χ0v) is 21.0. The van der Waals surface area contributed by atoms with Crippen molar-refractivity contribution < 1.29 is 0 Å². The number of hydrogen-bond donors (Lipinski definition) is 0. The number of hydrogen-bond acceptors (Lipinski definition) is 5. The van der Waals surface area contributed by atoms with Crippen LogP contribution in [0.3, 0.4) is 0 Å². The predicted molar refractivity (Wildman–Crippen MR) is 132 cm³/mol. The molecule has 0 N–H and O–H groups in total. The number of thiophene rings is 1. The summed E-state index contributed by atoms with van der Waals surface area (Å²) in [7, 11) is 0. The average molecular weight is 506 g/mol. The summed E-state index contributed by atoms with van der Waals surface area (Å²) in [6.45, 7) is 10.4. The SMILES string of the molecule is Cc1nc(N2CCC(CC#N)CC2)c2sc(C)c(-c3c(C)cc(Br)cc3C)c2n1.Cl. The summed E-state index contributed by atoms with van der Waals surface area (Å²) < 4.78 is 2.30. The lowest BCUT2D eigenvalue weighted by atomic mass is 9.94. The molecule has 7 heteroatoms. The van der Waals surface area contributed by atoms with Crippen molar-refractivity contribution >= 4 is 55.7 Å². The van der Waals surface area contributed by atoms with Gasteiger partial charge in [-0.25, -0.2) is 9.97 Å². The van der Waals surface area contributed by atoms with E-state index in [-0.39, 0.29) is 12.4 Å². The van der Waals surface area contributed by atoms with Crippen molar-refractivity contribution in [1.82, 2.24) is 9.97 Å². The van der Waals surface area contributed by atoms with E-state index in [1.165, 1.54) is 31.8 Å². The second kappa shape index (κ2) is 9.21. The van der Waals surface area contributed by atoms with Crippen molar-refractivity contribution in [1.29, 1.82) is 5.26 Å². The number of anilines is 1. The van der Waals surface area contributed by atoms with E-state index < -0.39 is 0 Å². The molecule has 0 amide bonds. The Hall–Kier alpha value is -1.68. The van der Waals surface area contributed by atoms with Crippen LogP contribution in [0.4, 0.5) is 5.82 Å². The molecule has 1 saturated heterocycles. The number of nitriles is 1. The van der Waals surface area contributed by atoms with Gasteiger partial charge in [-0.05, 0) is 75.3 Å². The second-order valence-electron chi connectivity index (χ2n) is 8.01. The largest absolute Gasteiger partial charge is 0.355 e. The lowest BCUT2D eigenvalue weighted by molar-refractivity contribution is 0.411. The molecule has 1 aliphatic rings. The zero-order chi connectivity index (χ0) is 20.7. The van der Waals surface area contributed by atoms with Gasteiger partial charge in [-0.15, -0.1) is 23.7 Å². The van der Waals surface area contributed by atoms with Crippen LogP contribution in [0.2, 0.25) is 0 Å². The summed E-state index contributed by atoms with van der Waals surface area (Å²) in [6.07, 6.45) is 2.77. The topological polar surface area (TPSA) is 52.8 Å². The van der Waals surface area contributed by atoms with Gasteiger partial charge in [0.1, 0.15) is 11.6 Å². The molecule has 0 bridgehead atoms. The van der Waals surface area contributed by atoms with Gasteiger partial charge in [0.05, 0.1) is 16.3 Å². The van der Waals surface area contributed by atoms with Crippen LogP contribution in [0, 0.1) is 44.9 Å². The van der Waals surface area contributed by atoms with Gasteiger partial charge in [0.2, 0.25) is 0 Å². The van der Waals surface area contributed by atoms with Crippen molar-refractivity contribution in [3.63, 3.8) is 0 Å². The highest BCUT2D eigenvalue weighted by Crippen LogP contribution is 2.44. The normalized spacial score (nSPS) is 14.6. The molecule has 0 spiro atoms. The number of piperidine rings is 1. The third-order valence-electron chi connectivity index (χ3n) is 5.84. The zero-order valence-electron chi connectivity index (χ0n) is 17.8. The molecule has 158 valence electrons. The van der Waals surface area contributed by atoms with Crippen LogP contribution in [0.25, 0.3) is 21.3 Å². The number of benzene rings is 1.